The van der Waals surface area contributed by atoms with E-state index in [0.29, 0.717) is 30.3 Å². The van der Waals surface area contributed by atoms with E-state index in [1.54, 1.807) is 30.6 Å². The molecular weight excluding hydrogens is 521 g/mol. The molecule has 10 heteroatoms. The van der Waals surface area contributed by atoms with Gasteiger partial charge in [0.1, 0.15) is 5.82 Å². The Hall–Kier alpha value is -3.82. The number of halogens is 2. The highest BCUT2D eigenvalue weighted by Gasteiger charge is 2.46. The fraction of sp³-hybridized carbons (Fsp3) is 0.310. The van der Waals surface area contributed by atoms with Gasteiger partial charge in [-0.3, -0.25) is 14.8 Å². The molecule has 1 spiro atoms. The molecule has 2 aromatic rings. The lowest BCUT2D eigenvalue weighted by atomic mass is 9.89. The van der Waals surface area contributed by atoms with Gasteiger partial charge in [-0.15, -0.1) is 0 Å². The number of pyridine rings is 1. The summed E-state index contributed by atoms with van der Waals surface area (Å²) in [6, 6.07) is 4.16. The van der Waals surface area contributed by atoms with E-state index in [4.69, 9.17) is 16.6 Å². The number of carbonyl (C=O) groups excluding carboxylic acids is 1. The van der Waals surface area contributed by atoms with Gasteiger partial charge in [-0.25, -0.2) is 19.4 Å². The molecule has 1 aromatic carbocycles. The number of aliphatic imine (C=N–C) groups is 2. The van der Waals surface area contributed by atoms with Crippen molar-refractivity contribution in [2.75, 3.05) is 0 Å². The van der Waals surface area contributed by atoms with Crippen molar-refractivity contribution in [1.82, 2.24) is 14.9 Å². The van der Waals surface area contributed by atoms with Crippen molar-refractivity contribution < 1.29 is 14.4 Å². The minimum Gasteiger partial charge on any atom is -0.346 e. The number of hydrogen-bond acceptors (Lipinski definition) is 6. The molecule has 0 bridgehead atoms. The van der Waals surface area contributed by atoms with Gasteiger partial charge in [0, 0.05) is 46.9 Å². The number of nitrogens with one attached hydrogen (secondary N) is 1. The third kappa shape index (κ3) is 4.35. The Morgan fingerprint density at radius 2 is 1.95 bits per heavy atom. The molecule has 0 radical (unpaired) electrons. The summed E-state index contributed by atoms with van der Waals surface area (Å²) in [5, 5.41) is 13.6. The number of amides is 1. The van der Waals surface area contributed by atoms with Gasteiger partial charge < -0.3 is 9.88 Å². The lowest BCUT2D eigenvalue weighted by Gasteiger charge is -2.27. The van der Waals surface area contributed by atoms with Crippen LogP contribution in [0.4, 0.5) is 4.39 Å². The molecule has 7 rings (SSSR count). The number of aromatic nitrogens is 1. The molecule has 5 aliphatic rings. The topological polar surface area (TPSA) is 99.3 Å². The van der Waals surface area contributed by atoms with Crippen molar-refractivity contribution in [2.45, 2.75) is 50.1 Å². The van der Waals surface area contributed by atoms with Crippen LogP contribution in [0.15, 0.2) is 75.0 Å². The SMILES string of the molecule is O=C1NC2(CC2)Cc2ccc(Cl)c(F)c2-c2cc(=O)n([C@@H](CC3CC3)C3=NC(=C4C=CN(O)C=C4)C=N3)cc21. The highest BCUT2D eigenvalue weighted by molar-refractivity contribution is 6.31. The van der Waals surface area contributed by atoms with E-state index in [-0.39, 0.29) is 33.2 Å². The molecule has 2 saturated carbocycles. The molecule has 1 amide bonds. The first-order valence-electron chi connectivity index (χ1n) is 13.1. The van der Waals surface area contributed by atoms with E-state index in [1.807, 2.05) is 0 Å². The average Bonchev–Trinajstić information content (AvgIpc) is 3.83. The Bertz CT molecular complexity index is 1630. The zero-order valence-corrected chi connectivity index (χ0v) is 21.7. The van der Waals surface area contributed by atoms with Crippen LogP contribution in [-0.2, 0) is 6.42 Å². The molecule has 2 fully saturated rings. The minimum absolute atomic E-state index is 0.0494. The standard InChI is InChI=1S/C29H25ClFN5O3/c30-21-4-3-18-13-29(7-8-29)34-28(38)20-15-36(24(37)12-19(20)25(18)26(21)31)23(11-16-1-2-16)27-32-14-22(33-27)17-5-9-35(39)10-6-17/h3-6,9-10,12,14-16,23,39H,1-2,7-8,11,13H2,(H,34,38)/t23-/m0/s1. The summed E-state index contributed by atoms with van der Waals surface area (Å²) >= 11 is 6.17. The van der Waals surface area contributed by atoms with E-state index in [0.717, 1.165) is 41.9 Å². The van der Waals surface area contributed by atoms with Crippen LogP contribution in [0, 0.1) is 11.7 Å². The molecule has 39 heavy (non-hydrogen) atoms. The molecule has 4 heterocycles. The molecule has 8 nitrogen and oxygen atoms in total. The minimum atomic E-state index is -0.622. The van der Waals surface area contributed by atoms with Crippen LogP contribution < -0.4 is 10.9 Å². The summed E-state index contributed by atoms with van der Waals surface area (Å²) in [7, 11) is 0. The van der Waals surface area contributed by atoms with Crippen LogP contribution >= 0.6 is 11.6 Å². The van der Waals surface area contributed by atoms with E-state index >= 15 is 4.39 Å². The number of hydrogen-bond donors (Lipinski definition) is 2. The van der Waals surface area contributed by atoms with Gasteiger partial charge in [-0.1, -0.05) is 30.5 Å². The molecule has 198 valence electrons. The maximum Gasteiger partial charge on any atom is 0.253 e. The Morgan fingerprint density at radius 1 is 1.18 bits per heavy atom. The van der Waals surface area contributed by atoms with Crippen LogP contribution in [0.2, 0.25) is 5.02 Å². The number of nitrogens with zero attached hydrogens (tertiary/aromatic N) is 4. The molecular formula is C29H25ClFN5O3. The molecule has 2 aliphatic carbocycles. The van der Waals surface area contributed by atoms with Crippen molar-refractivity contribution in [1.29, 1.82) is 0 Å². The Kier molecular flexibility index (Phi) is 5.50. The van der Waals surface area contributed by atoms with Crippen molar-refractivity contribution in [2.24, 2.45) is 15.9 Å². The van der Waals surface area contributed by atoms with Crippen LogP contribution in [0.1, 0.15) is 54.1 Å². The molecule has 0 saturated heterocycles. The van der Waals surface area contributed by atoms with Crippen molar-refractivity contribution in [3.8, 4) is 11.1 Å². The summed E-state index contributed by atoms with van der Waals surface area (Å²) in [6.45, 7) is 0. The third-order valence-corrected chi connectivity index (χ3v) is 8.38. The fourth-order valence-electron chi connectivity index (χ4n) is 5.59. The fourth-order valence-corrected chi connectivity index (χ4v) is 5.75. The van der Waals surface area contributed by atoms with E-state index < -0.39 is 17.4 Å². The third-order valence-electron chi connectivity index (χ3n) is 8.09. The number of rotatable bonds is 4. The van der Waals surface area contributed by atoms with Gasteiger partial charge in [-0.05, 0) is 55.4 Å². The molecule has 1 atom stereocenters. The first kappa shape index (κ1) is 24.2. The smallest absolute Gasteiger partial charge is 0.253 e. The predicted octanol–water partition coefficient (Wildman–Crippen LogP) is 4.94. The lowest BCUT2D eigenvalue weighted by Crippen LogP contribution is -2.41. The summed E-state index contributed by atoms with van der Waals surface area (Å²) < 4.78 is 17.0. The lowest BCUT2D eigenvalue weighted by molar-refractivity contribution is 0.0105. The van der Waals surface area contributed by atoms with Gasteiger partial charge in [0.2, 0.25) is 0 Å². The van der Waals surface area contributed by atoms with E-state index in [1.165, 1.54) is 29.1 Å². The second kappa shape index (κ2) is 8.86. The Morgan fingerprint density at radius 3 is 2.67 bits per heavy atom. The molecule has 1 aromatic heterocycles. The maximum atomic E-state index is 15.5. The number of carbonyl (C=O) groups is 1. The molecule has 0 unspecified atom stereocenters. The van der Waals surface area contributed by atoms with Crippen molar-refractivity contribution >= 4 is 29.6 Å². The normalized spacial score (nSPS) is 21.4. The van der Waals surface area contributed by atoms with Crippen LogP contribution in [-0.4, -0.2) is 38.3 Å². The van der Waals surface area contributed by atoms with Crippen LogP contribution in [0.3, 0.4) is 0 Å². The zero-order valence-electron chi connectivity index (χ0n) is 20.9. The summed E-state index contributed by atoms with van der Waals surface area (Å²) in [5.74, 6) is -0.0588. The number of allylic oxidation sites excluding steroid dienone is 4. The van der Waals surface area contributed by atoms with Gasteiger partial charge in [0.05, 0.1) is 28.5 Å². The van der Waals surface area contributed by atoms with Gasteiger partial charge in [0.15, 0.2) is 5.84 Å². The van der Waals surface area contributed by atoms with Gasteiger partial charge in [0.25, 0.3) is 11.5 Å². The second-order valence-electron chi connectivity index (χ2n) is 10.9. The first-order chi connectivity index (χ1) is 18.8. The maximum absolute atomic E-state index is 15.5. The van der Waals surface area contributed by atoms with Gasteiger partial charge in [-0.2, -0.15) is 0 Å². The largest absolute Gasteiger partial charge is 0.346 e. The molecule has 2 N–H and O–H groups in total. The zero-order chi connectivity index (χ0) is 26.9. The number of benzene rings is 1. The summed E-state index contributed by atoms with van der Waals surface area (Å²) in [5.41, 5.74) is 2.02. The number of amidine groups is 1. The van der Waals surface area contributed by atoms with Crippen LogP contribution in [0.5, 0.6) is 0 Å². The summed E-state index contributed by atoms with van der Waals surface area (Å²) in [4.78, 5) is 36.5. The average molecular weight is 546 g/mol. The highest BCUT2D eigenvalue weighted by atomic mass is 35.5. The predicted molar refractivity (Wildman–Crippen MR) is 145 cm³/mol. The quantitative estimate of drug-likeness (QED) is 0.568. The second-order valence-corrected chi connectivity index (χ2v) is 11.3. The van der Waals surface area contributed by atoms with Crippen molar-refractivity contribution in [3.05, 3.63) is 92.5 Å². The van der Waals surface area contributed by atoms with E-state index in [2.05, 4.69) is 10.3 Å². The molecule has 3 aliphatic heterocycles. The summed E-state index contributed by atoms with van der Waals surface area (Å²) in [6.07, 6.45) is 14.5. The highest BCUT2D eigenvalue weighted by Crippen LogP contribution is 2.45. The van der Waals surface area contributed by atoms with E-state index in [9.17, 15) is 14.8 Å². The Labute approximate surface area is 228 Å². The van der Waals surface area contributed by atoms with Crippen molar-refractivity contribution in [3.63, 3.8) is 0 Å². The first-order valence-corrected chi connectivity index (χ1v) is 13.4. The monoisotopic (exact) mass is 545 g/mol. The number of fused-ring (bicyclic) bond motifs is 3. The van der Waals surface area contributed by atoms with Crippen LogP contribution in [0.25, 0.3) is 11.1 Å². The Balaban J connectivity index is 1.36. The van der Waals surface area contributed by atoms with Gasteiger partial charge >= 0.3 is 0 Å². The number of hydroxylamine groups is 2.